The van der Waals surface area contributed by atoms with E-state index in [-0.39, 0.29) is 0 Å². The number of rotatable bonds is 0. The molecule has 0 aromatic rings. The molecule has 1 heteroatoms. The van der Waals surface area contributed by atoms with E-state index in [1.54, 1.807) is 0 Å². The largest absolute Gasteiger partial charge is 0.299 e. The van der Waals surface area contributed by atoms with Gasteiger partial charge in [-0.1, -0.05) is 39.5 Å². The normalized spacial score (nSPS) is 33.7. The Hall–Kier alpha value is -0.330. The van der Waals surface area contributed by atoms with Gasteiger partial charge in [0.05, 0.1) is 0 Å². The monoisotopic (exact) mass is 168 g/mol. The fraction of sp³-hybridized carbons (Fsp3) is 0.909. The molecule has 0 aliphatic heterocycles. The van der Waals surface area contributed by atoms with E-state index in [0.29, 0.717) is 17.6 Å². The molecule has 0 aromatic heterocycles. The fourth-order valence-corrected chi connectivity index (χ4v) is 2.02. The Kier molecular flexibility index (Phi) is 3.77. The van der Waals surface area contributed by atoms with Gasteiger partial charge in [0.1, 0.15) is 5.78 Å². The lowest BCUT2D eigenvalue weighted by atomic mass is 9.90. The summed E-state index contributed by atoms with van der Waals surface area (Å²) in [6.45, 7) is 4.17. The standard InChI is InChI=1S/C11H20O/c1-9-7-5-3-4-6-8-10(2)11(9)12/h9-10H,3-8H2,1-2H3. The summed E-state index contributed by atoms with van der Waals surface area (Å²) in [5, 5.41) is 0. The number of hydrogen-bond donors (Lipinski definition) is 0. The van der Waals surface area contributed by atoms with Crippen LogP contribution in [0.4, 0.5) is 0 Å². The minimum absolute atomic E-state index is 0.318. The predicted octanol–water partition coefficient (Wildman–Crippen LogP) is 3.18. The SMILES string of the molecule is CC1CCCCCCC(C)C1=O. The average molecular weight is 168 g/mol. The summed E-state index contributed by atoms with van der Waals surface area (Å²) >= 11 is 0. The second-order valence-electron chi connectivity index (χ2n) is 4.20. The van der Waals surface area contributed by atoms with Crippen molar-refractivity contribution >= 4 is 5.78 Å². The van der Waals surface area contributed by atoms with Crippen LogP contribution in [0.25, 0.3) is 0 Å². The quantitative estimate of drug-likeness (QED) is 0.543. The molecule has 0 spiro atoms. The summed E-state index contributed by atoms with van der Waals surface area (Å²) in [4.78, 5) is 11.7. The number of carbonyl (C=O) groups is 1. The maximum absolute atomic E-state index is 11.7. The maximum atomic E-state index is 11.7. The highest BCUT2D eigenvalue weighted by Gasteiger charge is 2.20. The van der Waals surface area contributed by atoms with E-state index in [4.69, 9.17) is 0 Å². The third kappa shape index (κ3) is 2.62. The van der Waals surface area contributed by atoms with Crippen LogP contribution in [0.2, 0.25) is 0 Å². The van der Waals surface area contributed by atoms with Crippen LogP contribution in [0.1, 0.15) is 52.4 Å². The van der Waals surface area contributed by atoms with Crippen LogP contribution in [0.15, 0.2) is 0 Å². The topological polar surface area (TPSA) is 17.1 Å². The molecule has 0 bridgehead atoms. The van der Waals surface area contributed by atoms with Gasteiger partial charge in [0.15, 0.2) is 0 Å². The average Bonchev–Trinajstić information content (AvgIpc) is 2.12. The molecule has 1 aliphatic carbocycles. The van der Waals surface area contributed by atoms with Crippen molar-refractivity contribution in [1.29, 1.82) is 0 Å². The van der Waals surface area contributed by atoms with E-state index >= 15 is 0 Å². The zero-order valence-electron chi connectivity index (χ0n) is 8.31. The first-order valence-electron chi connectivity index (χ1n) is 5.25. The van der Waals surface area contributed by atoms with E-state index in [2.05, 4.69) is 13.8 Å². The molecule has 0 saturated heterocycles. The van der Waals surface area contributed by atoms with Crippen molar-refractivity contribution in [3.05, 3.63) is 0 Å². The van der Waals surface area contributed by atoms with Gasteiger partial charge < -0.3 is 0 Å². The Bertz CT molecular complexity index is 135. The van der Waals surface area contributed by atoms with Gasteiger partial charge in [0.25, 0.3) is 0 Å². The Labute approximate surface area is 75.5 Å². The van der Waals surface area contributed by atoms with Crippen LogP contribution in [0.3, 0.4) is 0 Å². The lowest BCUT2D eigenvalue weighted by molar-refractivity contribution is -0.126. The molecular weight excluding hydrogens is 148 g/mol. The fourth-order valence-electron chi connectivity index (χ4n) is 2.02. The molecule has 2 unspecified atom stereocenters. The van der Waals surface area contributed by atoms with E-state index in [1.807, 2.05) is 0 Å². The molecule has 1 nitrogen and oxygen atoms in total. The Balaban J connectivity index is 2.50. The lowest BCUT2D eigenvalue weighted by Gasteiger charge is -2.13. The minimum atomic E-state index is 0.318. The lowest BCUT2D eigenvalue weighted by Crippen LogP contribution is -2.18. The minimum Gasteiger partial charge on any atom is -0.299 e. The van der Waals surface area contributed by atoms with Crippen molar-refractivity contribution in [2.45, 2.75) is 52.4 Å². The van der Waals surface area contributed by atoms with Crippen molar-refractivity contribution in [2.75, 3.05) is 0 Å². The smallest absolute Gasteiger partial charge is 0.138 e. The van der Waals surface area contributed by atoms with Crippen LogP contribution < -0.4 is 0 Å². The van der Waals surface area contributed by atoms with E-state index in [0.717, 1.165) is 12.8 Å². The van der Waals surface area contributed by atoms with Gasteiger partial charge in [-0.3, -0.25) is 4.79 Å². The predicted molar refractivity (Wildman–Crippen MR) is 51.0 cm³/mol. The molecule has 0 amide bonds. The van der Waals surface area contributed by atoms with Gasteiger partial charge in [-0.2, -0.15) is 0 Å². The van der Waals surface area contributed by atoms with Crippen LogP contribution in [0.5, 0.6) is 0 Å². The van der Waals surface area contributed by atoms with E-state index in [1.165, 1.54) is 25.7 Å². The zero-order valence-corrected chi connectivity index (χ0v) is 8.31. The summed E-state index contributed by atoms with van der Waals surface area (Å²) in [5.74, 6) is 1.13. The van der Waals surface area contributed by atoms with E-state index in [9.17, 15) is 4.79 Å². The molecule has 1 fully saturated rings. The summed E-state index contributed by atoms with van der Waals surface area (Å²) < 4.78 is 0. The first-order chi connectivity index (χ1) is 5.72. The van der Waals surface area contributed by atoms with Gasteiger partial charge in [0, 0.05) is 11.8 Å². The maximum Gasteiger partial charge on any atom is 0.138 e. The summed E-state index contributed by atoms with van der Waals surface area (Å²) in [7, 11) is 0. The third-order valence-corrected chi connectivity index (χ3v) is 3.00. The van der Waals surface area contributed by atoms with Gasteiger partial charge in [0.2, 0.25) is 0 Å². The molecule has 2 atom stereocenters. The molecule has 1 rings (SSSR count). The van der Waals surface area contributed by atoms with Crippen LogP contribution in [-0.2, 0) is 4.79 Å². The molecule has 0 N–H and O–H groups in total. The summed E-state index contributed by atoms with van der Waals surface area (Å²) in [6, 6.07) is 0. The highest BCUT2D eigenvalue weighted by Crippen LogP contribution is 2.22. The number of ketones is 1. The third-order valence-electron chi connectivity index (χ3n) is 3.00. The molecule has 0 aromatic carbocycles. The first kappa shape index (κ1) is 9.76. The van der Waals surface area contributed by atoms with Crippen molar-refractivity contribution < 1.29 is 4.79 Å². The number of Topliss-reactive ketones (excluding diaryl/α,β-unsaturated/α-hetero) is 1. The van der Waals surface area contributed by atoms with Gasteiger partial charge in [-0.05, 0) is 12.8 Å². The number of carbonyl (C=O) groups excluding carboxylic acids is 1. The van der Waals surface area contributed by atoms with Crippen molar-refractivity contribution in [2.24, 2.45) is 11.8 Å². The van der Waals surface area contributed by atoms with Crippen LogP contribution >= 0.6 is 0 Å². The highest BCUT2D eigenvalue weighted by molar-refractivity contribution is 5.82. The van der Waals surface area contributed by atoms with Crippen LogP contribution in [0, 0.1) is 11.8 Å². The number of hydrogen-bond acceptors (Lipinski definition) is 1. The van der Waals surface area contributed by atoms with Gasteiger partial charge in [-0.25, -0.2) is 0 Å². The van der Waals surface area contributed by atoms with Crippen LogP contribution in [-0.4, -0.2) is 5.78 Å². The Morgan fingerprint density at radius 1 is 0.917 bits per heavy atom. The van der Waals surface area contributed by atoms with E-state index < -0.39 is 0 Å². The zero-order chi connectivity index (χ0) is 8.97. The van der Waals surface area contributed by atoms with Gasteiger partial charge in [-0.15, -0.1) is 0 Å². The molecule has 0 heterocycles. The second-order valence-corrected chi connectivity index (χ2v) is 4.20. The second kappa shape index (κ2) is 4.64. The Morgan fingerprint density at radius 2 is 1.33 bits per heavy atom. The highest BCUT2D eigenvalue weighted by atomic mass is 16.1. The summed E-state index contributed by atoms with van der Waals surface area (Å²) in [6.07, 6.45) is 7.38. The molecule has 0 radical (unpaired) electrons. The molecular formula is C11H20O. The first-order valence-corrected chi connectivity index (χ1v) is 5.25. The van der Waals surface area contributed by atoms with Crippen molar-refractivity contribution in [3.63, 3.8) is 0 Å². The molecule has 70 valence electrons. The molecule has 1 aliphatic rings. The Morgan fingerprint density at radius 3 is 1.75 bits per heavy atom. The molecule has 12 heavy (non-hydrogen) atoms. The van der Waals surface area contributed by atoms with Crippen molar-refractivity contribution in [1.82, 2.24) is 0 Å². The van der Waals surface area contributed by atoms with Gasteiger partial charge >= 0.3 is 0 Å². The summed E-state index contributed by atoms with van der Waals surface area (Å²) in [5.41, 5.74) is 0. The van der Waals surface area contributed by atoms with Crippen molar-refractivity contribution in [3.8, 4) is 0 Å². The molecule has 1 saturated carbocycles.